The minimum atomic E-state index is -2.42. The number of aliphatic carboxylic acids is 1. The first-order chi connectivity index (χ1) is 24.8. The molecular weight excluding hydrogens is 722 g/mol. The summed E-state index contributed by atoms with van der Waals surface area (Å²) >= 11 is 1.03. The molecule has 0 aromatic heterocycles. The Morgan fingerprint density at radius 3 is 2.19 bits per heavy atom. The zero-order valence-electron chi connectivity index (χ0n) is 28.6. The number of aliphatic hydroxyl groups excluding tert-OH is 1. The lowest BCUT2D eigenvalue weighted by molar-refractivity contribution is -0.181. The number of β-lactam (4-membered cyclic amide) rings is 1. The maximum atomic E-state index is 14.3. The number of carbonyl (C=O) groups excluding carboxylic acids is 7. The fraction of sp³-hybridized carbons (Fsp3) is 0.394. The molecule has 53 heavy (non-hydrogen) atoms. The SMILES string of the molecule is CC(=O)Oc1ccc(C(NC(=O)N2CCN(Cc3ccc(O)c(O)c3)C(=O)C2=O)C(=O)N[C@@]2(C(=O)O)N3C(=O)[C@H](CO)[C@H]3SC2(C)C)cc1OC(C)=O. The number of benzene rings is 2. The molecule has 282 valence electrons. The summed E-state index contributed by atoms with van der Waals surface area (Å²) in [4.78, 5) is 107. The lowest BCUT2D eigenvalue weighted by Crippen LogP contribution is -2.77. The number of thioether (sulfide) groups is 1. The number of carbonyl (C=O) groups is 8. The van der Waals surface area contributed by atoms with E-state index < -0.39 is 93.4 Å². The molecule has 5 rings (SSSR count). The number of phenols is 2. The molecule has 0 bridgehead atoms. The van der Waals surface area contributed by atoms with Crippen molar-refractivity contribution in [2.24, 2.45) is 5.92 Å². The number of aliphatic hydroxyl groups is 1. The van der Waals surface area contributed by atoms with Crippen molar-refractivity contribution in [2.45, 2.75) is 56.1 Å². The van der Waals surface area contributed by atoms with Gasteiger partial charge in [-0.2, -0.15) is 0 Å². The van der Waals surface area contributed by atoms with E-state index in [9.17, 15) is 58.8 Å². The van der Waals surface area contributed by atoms with Gasteiger partial charge in [-0.1, -0.05) is 12.1 Å². The maximum Gasteiger partial charge on any atom is 0.352 e. The first-order valence-electron chi connectivity index (χ1n) is 15.9. The van der Waals surface area contributed by atoms with Crippen LogP contribution in [0.15, 0.2) is 36.4 Å². The van der Waals surface area contributed by atoms with Gasteiger partial charge in [0, 0.05) is 33.5 Å². The molecule has 1 unspecified atom stereocenters. The van der Waals surface area contributed by atoms with Crippen molar-refractivity contribution >= 4 is 59.3 Å². The number of amides is 6. The molecule has 3 heterocycles. The van der Waals surface area contributed by atoms with Crippen LogP contribution in [0.4, 0.5) is 4.79 Å². The minimum absolute atomic E-state index is 0.162. The molecular formula is C33H35N5O14S. The summed E-state index contributed by atoms with van der Waals surface area (Å²) in [5, 5.41) is 43.6. The van der Waals surface area contributed by atoms with E-state index in [0.29, 0.717) is 10.5 Å². The molecule has 2 aromatic carbocycles. The van der Waals surface area contributed by atoms with Gasteiger partial charge in [-0.3, -0.25) is 38.6 Å². The lowest BCUT2D eigenvalue weighted by atomic mass is 9.86. The second kappa shape index (κ2) is 14.3. The van der Waals surface area contributed by atoms with Gasteiger partial charge in [0.05, 0.1) is 22.6 Å². The Kier molecular flexibility index (Phi) is 10.3. The number of carboxylic acids is 1. The van der Waals surface area contributed by atoms with Crippen LogP contribution in [0.3, 0.4) is 0 Å². The van der Waals surface area contributed by atoms with Gasteiger partial charge in [0.1, 0.15) is 6.04 Å². The van der Waals surface area contributed by atoms with E-state index in [2.05, 4.69) is 10.6 Å². The van der Waals surface area contributed by atoms with Gasteiger partial charge in [0.2, 0.25) is 17.5 Å². The molecule has 4 atom stereocenters. The first-order valence-corrected chi connectivity index (χ1v) is 16.8. The van der Waals surface area contributed by atoms with Gasteiger partial charge in [-0.15, -0.1) is 11.8 Å². The number of urea groups is 1. The van der Waals surface area contributed by atoms with Gasteiger partial charge in [0.25, 0.3) is 0 Å². The number of rotatable bonds is 10. The normalized spacial score (nSPS) is 22.4. The molecule has 20 heteroatoms. The number of nitrogens with zero attached hydrogens (tertiary/aromatic N) is 3. The number of nitrogens with one attached hydrogen (secondary N) is 2. The van der Waals surface area contributed by atoms with Crippen molar-refractivity contribution in [1.29, 1.82) is 0 Å². The second-order valence-corrected chi connectivity index (χ2v) is 14.5. The molecule has 0 aliphatic carbocycles. The van der Waals surface area contributed by atoms with Gasteiger partial charge < -0.3 is 45.4 Å². The summed E-state index contributed by atoms with van der Waals surface area (Å²) in [6.45, 7) is 3.77. The number of hydrogen-bond acceptors (Lipinski definition) is 14. The van der Waals surface area contributed by atoms with Crippen LogP contribution < -0.4 is 20.1 Å². The summed E-state index contributed by atoms with van der Waals surface area (Å²) in [7, 11) is 0. The molecule has 0 radical (unpaired) electrons. The highest BCUT2D eigenvalue weighted by molar-refractivity contribution is 8.01. The summed E-state index contributed by atoms with van der Waals surface area (Å²) in [6.07, 6.45) is 0. The van der Waals surface area contributed by atoms with Crippen LogP contribution in [0.1, 0.15) is 44.9 Å². The standard InChI is InChI=1S/C33H35N5O14S/c1-15(40)51-22-8-6-18(12-23(22)52-16(2)41)24(25(44)35-33(30(48)49)32(3,4)53-29-19(14-39)26(45)38(29)33)34-31(50)37-10-9-36(27(46)28(37)47)13-17-5-7-20(42)21(43)11-17/h5-8,11-12,19,24,29,39,42-43H,9-10,13-14H2,1-4H3,(H,34,50)(H,35,44)(H,48,49)/t19-,24?,29+,33-/m0/s1. The fourth-order valence-corrected chi connectivity index (χ4v) is 8.07. The van der Waals surface area contributed by atoms with Crippen LogP contribution >= 0.6 is 11.8 Å². The summed E-state index contributed by atoms with van der Waals surface area (Å²) in [5.41, 5.74) is -2.22. The van der Waals surface area contributed by atoms with E-state index in [1.165, 1.54) is 38.1 Å². The van der Waals surface area contributed by atoms with Crippen molar-refractivity contribution in [2.75, 3.05) is 19.7 Å². The van der Waals surface area contributed by atoms with Crippen LogP contribution in [-0.2, 0) is 40.1 Å². The molecule has 0 spiro atoms. The lowest BCUT2D eigenvalue weighted by Gasteiger charge is -2.49. The number of aromatic hydroxyl groups is 2. The Hall–Kier alpha value is -5.89. The molecule has 0 saturated carbocycles. The number of imide groups is 1. The van der Waals surface area contributed by atoms with Crippen molar-refractivity contribution in [3.63, 3.8) is 0 Å². The third-order valence-corrected chi connectivity index (χ3v) is 10.6. The fourth-order valence-electron chi connectivity index (χ4n) is 6.32. The molecule has 6 N–H and O–H groups in total. The number of hydrogen-bond donors (Lipinski definition) is 6. The van der Waals surface area contributed by atoms with Gasteiger partial charge >= 0.3 is 35.8 Å². The Bertz CT molecular complexity index is 1940. The molecule has 2 aromatic rings. The number of ether oxygens (including phenoxy) is 2. The van der Waals surface area contributed by atoms with Gasteiger partial charge in [-0.05, 0) is 49.2 Å². The van der Waals surface area contributed by atoms with E-state index in [1.54, 1.807) is 0 Å². The van der Waals surface area contributed by atoms with E-state index in [-0.39, 0.29) is 36.7 Å². The Labute approximate surface area is 304 Å². The third kappa shape index (κ3) is 6.89. The summed E-state index contributed by atoms with van der Waals surface area (Å²) in [5.74, 6) is -10.1. The largest absolute Gasteiger partial charge is 0.504 e. The first kappa shape index (κ1) is 38.3. The van der Waals surface area contributed by atoms with Crippen molar-refractivity contribution in [3.8, 4) is 23.0 Å². The number of fused-ring (bicyclic) bond motifs is 1. The molecule has 3 saturated heterocycles. The predicted molar refractivity (Wildman–Crippen MR) is 179 cm³/mol. The Morgan fingerprint density at radius 2 is 1.58 bits per heavy atom. The topological polar surface area (TPSA) is 270 Å². The number of phenolic OH excluding ortho intramolecular Hbond substituents is 2. The third-order valence-electron chi connectivity index (χ3n) is 8.92. The highest BCUT2D eigenvalue weighted by atomic mass is 32.2. The monoisotopic (exact) mass is 757 g/mol. The van der Waals surface area contributed by atoms with Crippen LogP contribution in [0.5, 0.6) is 23.0 Å². The number of piperazine rings is 1. The van der Waals surface area contributed by atoms with Crippen LogP contribution in [0, 0.1) is 5.92 Å². The van der Waals surface area contributed by atoms with Crippen molar-refractivity contribution < 1.29 is 68.3 Å². The average Bonchev–Trinajstić information content (AvgIpc) is 3.27. The van der Waals surface area contributed by atoms with Crippen molar-refractivity contribution in [1.82, 2.24) is 25.3 Å². The smallest absolute Gasteiger partial charge is 0.352 e. The van der Waals surface area contributed by atoms with Crippen LogP contribution in [0.2, 0.25) is 0 Å². The Morgan fingerprint density at radius 1 is 0.925 bits per heavy atom. The highest BCUT2D eigenvalue weighted by Gasteiger charge is 2.73. The summed E-state index contributed by atoms with van der Waals surface area (Å²) < 4.78 is 8.84. The molecule has 19 nitrogen and oxygen atoms in total. The zero-order valence-corrected chi connectivity index (χ0v) is 29.5. The minimum Gasteiger partial charge on any atom is -0.504 e. The van der Waals surface area contributed by atoms with Crippen LogP contribution in [0.25, 0.3) is 0 Å². The number of esters is 2. The maximum absolute atomic E-state index is 14.3. The highest BCUT2D eigenvalue weighted by Crippen LogP contribution is 2.57. The van der Waals surface area contributed by atoms with E-state index >= 15 is 0 Å². The van der Waals surface area contributed by atoms with Gasteiger partial charge in [0.15, 0.2) is 23.0 Å². The second-order valence-electron chi connectivity index (χ2n) is 12.8. The number of carboxylic acid groups (broad SMARTS) is 1. The van der Waals surface area contributed by atoms with Gasteiger partial charge in [-0.25, -0.2) is 9.59 Å². The molecule has 3 aliphatic heterocycles. The van der Waals surface area contributed by atoms with Crippen LogP contribution in [-0.4, -0.2) is 118 Å². The van der Waals surface area contributed by atoms with E-state index in [1.807, 2.05) is 0 Å². The molecule has 3 fully saturated rings. The molecule has 3 aliphatic rings. The zero-order chi connectivity index (χ0) is 39.2. The average molecular weight is 758 g/mol. The quantitative estimate of drug-likeness (QED) is 0.0601. The predicted octanol–water partition coefficient (Wildman–Crippen LogP) is -0.231. The molecule has 6 amide bonds. The Balaban J connectivity index is 1.48. The van der Waals surface area contributed by atoms with E-state index in [4.69, 9.17) is 9.47 Å². The summed E-state index contributed by atoms with van der Waals surface area (Å²) in [6, 6.07) is 4.04. The van der Waals surface area contributed by atoms with E-state index in [0.717, 1.165) is 47.5 Å². The van der Waals surface area contributed by atoms with Crippen molar-refractivity contribution in [3.05, 3.63) is 47.5 Å².